The number of nitrogens with zero attached hydrogens (tertiary/aromatic N) is 2. The van der Waals surface area contributed by atoms with Crippen LogP contribution in [0.1, 0.15) is 43.8 Å². The maximum absolute atomic E-state index is 4.53. The molecule has 4 nitrogen and oxygen atoms in total. The van der Waals surface area contributed by atoms with E-state index in [0.717, 1.165) is 18.8 Å². The number of aromatic amines is 1. The van der Waals surface area contributed by atoms with Crippen molar-refractivity contribution in [3.05, 3.63) is 28.2 Å². The van der Waals surface area contributed by atoms with Crippen LogP contribution in [0.2, 0.25) is 0 Å². The van der Waals surface area contributed by atoms with Crippen molar-refractivity contribution in [2.75, 3.05) is 5.32 Å². The number of nitrogens with one attached hydrogen (secondary N) is 2. The minimum absolute atomic E-state index is 0.454. The van der Waals surface area contributed by atoms with Gasteiger partial charge in [0.1, 0.15) is 5.82 Å². The summed E-state index contributed by atoms with van der Waals surface area (Å²) in [5, 5.41) is 12.6. The van der Waals surface area contributed by atoms with Crippen LogP contribution in [-0.2, 0) is 6.54 Å². The SMILES string of the molecule is CCC(c1nc(NCc2cccs2)n[nH]1)C(C)C. The van der Waals surface area contributed by atoms with Gasteiger partial charge in [0.2, 0.25) is 5.95 Å². The maximum Gasteiger partial charge on any atom is 0.242 e. The van der Waals surface area contributed by atoms with Crippen molar-refractivity contribution in [1.82, 2.24) is 15.2 Å². The quantitative estimate of drug-likeness (QED) is 0.837. The van der Waals surface area contributed by atoms with Gasteiger partial charge in [-0.15, -0.1) is 16.4 Å². The van der Waals surface area contributed by atoms with Crippen molar-refractivity contribution in [3.63, 3.8) is 0 Å². The average molecular weight is 264 g/mol. The van der Waals surface area contributed by atoms with Gasteiger partial charge in [-0.3, -0.25) is 5.10 Å². The second-order valence-electron chi connectivity index (χ2n) is 4.74. The molecule has 2 N–H and O–H groups in total. The van der Waals surface area contributed by atoms with Gasteiger partial charge in [-0.05, 0) is 23.8 Å². The summed E-state index contributed by atoms with van der Waals surface area (Å²) >= 11 is 1.74. The van der Waals surface area contributed by atoms with Crippen molar-refractivity contribution >= 4 is 17.3 Å². The molecule has 2 rings (SSSR count). The van der Waals surface area contributed by atoms with Crippen LogP contribution in [0.15, 0.2) is 17.5 Å². The summed E-state index contributed by atoms with van der Waals surface area (Å²) in [6.07, 6.45) is 1.08. The molecule has 0 fully saturated rings. The zero-order chi connectivity index (χ0) is 13.0. The van der Waals surface area contributed by atoms with Gasteiger partial charge in [0, 0.05) is 10.8 Å². The number of thiophene rings is 1. The van der Waals surface area contributed by atoms with E-state index in [-0.39, 0.29) is 0 Å². The number of hydrogen-bond acceptors (Lipinski definition) is 4. The van der Waals surface area contributed by atoms with Crippen LogP contribution >= 0.6 is 11.3 Å². The average Bonchev–Trinajstić information content (AvgIpc) is 2.97. The highest BCUT2D eigenvalue weighted by molar-refractivity contribution is 7.09. The van der Waals surface area contributed by atoms with Crippen molar-refractivity contribution in [2.24, 2.45) is 5.92 Å². The molecule has 0 bridgehead atoms. The van der Waals surface area contributed by atoms with Crippen LogP contribution in [-0.4, -0.2) is 15.2 Å². The van der Waals surface area contributed by atoms with Crippen molar-refractivity contribution in [2.45, 2.75) is 39.7 Å². The van der Waals surface area contributed by atoms with E-state index in [4.69, 9.17) is 0 Å². The lowest BCUT2D eigenvalue weighted by atomic mass is 9.93. The molecule has 0 saturated heterocycles. The Hall–Kier alpha value is -1.36. The van der Waals surface area contributed by atoms with Crippen molar-refractivity contribution in [1.29, 1.82) is 0 Å². The Labute approximate surface area is 112 Å². The molecule has 2 heterocycles. The summed E-state index contributed by atoms with van der Waals surface area (Å²) in [5.74, 6) is 2.71. The zero-order valence-corrected chi connectivity index (χ0v) is 11.9. The predicted octanol–water partition coefficient (Wildman–Crippen LogP) is 3.63. The van der Waals surface area contributed by atoms with Gasteiger partial charge in [-0.1, -0.05) is 26.8 Å². The molecule has 0 aliphatic heterocycles. The molecule has 0 radical (unpaired) electrons. The molecule has 0 aliphatic rings. The summed E-state index contributed by atoms with van der Waals surface area (Å²) < 4.78 is 0. The van der Waals surface area contributed by atoms with Gasteiger partial charge < -0.3 is 5.32 Å². The van der Waals surface area contributed by atoms with E-state index >= 15 is 0 Å². The molecule has 98 valence electrons. The first-order valence-electron chi connectivity index (χ1n) is 6.39. The second-order valence-corrected chi connectivity index (χ2v) is 5.77. The Bertz CT molecular complexity index is 461. The Morgan fingerprint density at radius 3 is 2.89 bits per heavy atom. The highest BCUT2D eigenvalue weighted by Gasteiger charge is 2.17. The van der Waals surface area contributed by atoms with Crippen LogP contribution in [0.4, 0.5) is 5.95 Å². The third-order valence-corrected chi connectivity index (χ3v) is 3.98. The number of anilines is 1. The third kappa shape index (κ3) is 3.10. The van der Waals surface area contributed by atoms with Crippen LogP contribution in [0.3, 0.4) is 0 Å². The lowest BCUT2D eigenvalue weighted by molar-refractivity contribution is 0.464. The Kier molecular flexibility index (Phi) is 4.36. The second kappa shape index (κ2) is 6.00. The highest BCUT2D eigenvalue weighted by Crippen LogP contribution is 2.25. The minimum Gasteiger partial charge on any atom is -0.348 e. The minimum atomic E-state index is 0.454. The standard InChI is InChI=1S/C13H20N4S/c1-4-11(9(2)3)12-15-13(17-16-12)14-8-10-6-5-7-18-10/h5-7,9,11H,4,8H2,1-3H3,(H2,14,15,16,17). The molecule has 2 aromatic rings. The molecule has 0 amide bonds. The van der Waals surface area contributed by atoms with Crippen LogP contribution < -0.4 is 5.32 Å². The summed E-state index contributed by atoms with van der Waals surface area (Å²) in [4.78, 5) is 5.82. The van der Waals surface area contributed by atoms with Gasteiger partial charge in [-0.2, -0.15) is 4.98 Å². The highest BCUT2D eigenvalue weighted by atomic mass is 32.1. The van der Waals surface area contributed by atoms with Crippen molar-refractivity contribution in [3.8, 4) is 0 Å². The van der Waals surface area contributed by atoms with Crippen LogP contribution in [0.25, 0.3) is 0 Å². The molecule has 2 aromatic heterocycles. The van der Waals surface area contributed by atoms with Gasteiger partial charge in [0.05, 0.1) is 6.54 Å². The van der Waals surface area contributed by atoms with Gasteiger partial charge in [0.25, 0.3) is 0 Å². The summed E-state index contributed by atoms with van der Waals surface area (Å²) in [5.41, 5.74) is 0. The predicted molar refractivity (Wildman–Crippen MR) is 75.9 cm³/mol. The smallest absolute Gasteiger partial charge is 0.242 e. The summed E-state index contributed by atoms with van der Waals surface area (Å²) in [7, 11) is 0. The molecule has 0 aliphatic carbocycles. The van der Waals surface area contributed by atoms with E-state index in [0.29, 0.717) is 17.8 Å². The molecular formula is C13H20N4S. The molecule has 5 heteroatoms. The summed E-state index contributed by atoms with van der Waals surface area (Å²) in [6, 6.07) is 4.16. The van der Waals surface area contributed by atoms with E-state index in [9.17, 15) is 0 Å². The van der Waals surface area contributed by atoms with E-state index in [2.05, 4.69) is 58.8 Å². The third-order valence-electron chi connectivity index (χ3n) is 3.10. The Balaban J connectivity index is 1.97. The number of hydrogen-bond donors (Lipinski definition) is 2. The van der Waals surface area contributed by atoms with Crippen LogP contribution in [0.5, 0.6) is 0 Å². The molecule has 0 spiro atoms. The molecule has 1 atom stereocenters. The van der Waals surface area contributed by atoms with Crippen LogP contribution in [0, 0.1) is 5.92 Å². The fourth-order valence-electron chi connectivity index (χ4n) is 2.08. The fraction of sp³-hybridized carbons (Fsp3) is 0.538. The van der Waals surface area contributed by atoms with E-state index < -0.39 is 0 Å². The Morgan fingerprint density at radius 2 is 2.28 bits per heavy atom. The molecular weight excluding hydrogens is 244 g/mol. The molecule has 18 heavy (non-hydrogen) atoms. The first kappa shape index (κ1) is 13.1. The van der Waals surface area contributed by atoms with Gasteiger partial charge in [0.15, 0.2) is 0 Å². The van der Waals surface area contributed by atoms with E-state index in [1.165, 1.54) is 4.88 Å². The first-order chi connectivity index (χ1) is 8.70. The fourth-order valence-corrected chi connectivity index (χ4v) is 2.72. The largest absolute Gasteiger partial charge is 0.348 e. The number of H-pyrrole nitrogens is 1. The van der Waals surface area contributed by atoms with Crippen molar-refractivity contribution < 1.29 is 0 Å². The lowest BCUT2D eigenvalue weighted by Crippen LogP contribution is -2.07. The topological polar surface area (TPSA) is 53.6 Å². The van der Waals surface area contributed by atoms with Gasteiger partial charge >= 0.3 is 0 Å². The lowest BCUT2D eigenvalue weighted by Gasteiger charge is -2.15. The normalized spacial score (nSPS) is 12.9. The molecule has 0 saturated carbocycles. The molecule has 1 unspecified atom stereocenters. The zero-order valence-electron chi connectivity index (χ0n) is 11.1. The maximum atomic E-state index is 4.53. The number of rotatable bonds is 6. The Morgan fingerprint density at radius 1 is 1.44 bits per heavy atom. The van der Waals surface area contributed by atoms with E-state index in [1.54, 1.807) is 11.3 Å². The monoisotopic (exact) mass is 264 g/mol. The van der Waals surface area contributed by atoms with E-state index in [1.807, 2.05) is 0 Å². The van der Waals surface area contributed by atoms with Gasteiger partial charge in [-0.25, -0.2) is 0 Å². The first-order valence-corrected chi connectivity index (χ1v) is 7.27. The summed E-state index contributed by atoms with van der Waals surface area (Å²) in [6.45, 7) is 7.41. The molecule has 0 aromatic carbocycles. The number of aromatic nitrogens is 3.